The van der Waals surface area contributed by atoms with Crippen molar-refractivity contribution >= 4 is 15.8 Å². The summed E-state index contributed by atoms with van der Waals surface area (Å²) in [6.07, 6.45) is 0. The van der Waals surface area contributed by atoms with E-state index in [-0.39, 0.29) is 30.1 Å². The average molecular weight is 251 g/mol. The Morgan fingerprint density at radius 3 is 2.69 bits per heavy atom. The molecule has 0 saturated heterocycles. The number of nitrogens with two attached hydrogens (primary N) is 1. The number of guanidine groups is 1. The van der Waals surface area contributed by atoms with Crippen LogP contribution in [0.4, 0.5) is 0 Å². The first kappa shape index (κ1) is 15.2. The van der Waals surface area contributed by atoms with E-state index in [2.05, 4.69) is 10.3 Å². The van der Waals surface area contributed by atoms with Crippen molar-refractivity contribution in [2.75, 3.05) is 31.8 Å². The van der Waals surface area contributed by atoms with Crippen LogP contribution in [0.25, 0.3) is 0 Å². The van der Waals surface area contributed by atoms with E-state index in [1.165, 1.54) is 0 Å². The first-order chi connectivity index (χ1) is 7.41. The maximum absolute atomic E-state index is 11.2. The molecule has 0 aromatic rings. The fourth-order valence-corrected chi connectivity index (χ4v) is 1.70. The molecule has 96 valence electrons. The van der Waals surface area contributed by atoms with Crippen LogP contribution in [0.1, 0.15) is 13.8 Å². The Kier molecular flexibility index (Phi) is 7.07. The average Bonchev–Trinajstić information content (AvgIpc) is 2.17. The Morgan fingerprint density at radius 2 is 2.19 bits per heavy atom. The standard InChI is InChI=1S/C9H21N3O3S/c1-4-16(13,14)6-5-11-9(10)12-8(2)7-15-3/h8H,4-7H2,1-3H3,(H3,10,11,12). The second kappa shape index (κ2) is 7.45. The molecule has 3 N–H and O–H groups in total. The Balaban J connectivity index is 3.96. The van der Waals surface area contributed by atoms with Crippen molar-refractivity contribution in [3.05, 3.63) is 0 Å². The number of aliphatic imine (C=N–C) groups is 1. The third-order valence-electron chi connectivity index (χ3n) is 1.94. The van der Waals surface area contributed by atoms with Gasteiger partial charge in [0.05, 0.1) is 18.9 Å². The second-order valence-corrected chi connectivity index (χ2v) is 5.98. The minimum absolute atomic E-state index is 0.0323. The van der Waals surface area contributed by atoms with Crippen molar-refractivity contribution in [2.24, 2.45) is 10.7 Å². The number of methoxy groups -OCH3 is 1. The molecule has 0 amide bonds. The zero-order chi connectivity index (χ0) is 12.6. The minimum Gasteiger partial charge on any atom is -0.383 e. The Hall–Kier alpha value is -0.820. The monoisotopic (exact) mass is 251 g/mol. The minimum atomic E-state index is -2.97. The van der Waals surface area contributed by atoms with Crippen LogP contribution in [0.15, 0.2) is 4.99 Å². The Bertz CT molecular complexity index is 314. The van der Waals surface area contributed by atoms with E-state index in [1.807, 2.05) is 6.92 Å². The molecule has 0 fully saturated rings. The van der Waals surface area contributed by atoms with Crippen LogP contribution in [0, 0.1) is 0 Å². The largest absolute Gasteiger partial charge is 0.383 e. The van der Waals surface area contributed by atoms with Crippen molar-refractivity contribution in [3.8, 4) is 0 Å². The SMILES string of the molecule is CCS(=O)(=O)CCN=C(N)NC(C)COC. The van der Waals surface area contributed by atoms with Gasteiger partial charge in [0.15, 0.2) is 15.8 Å². The molecule has 0 aromatic heterocycles. The second-order valence-electron chi connectivity index (χ2n) is 3.50. The summed E-state index contributed by atoms with van der Waals surface area (Å²) in [5.74, 6) is 0.413. The molecule has 0 radical (unpaired) electrons. The van der Waals surface area contributed by atoms with Gasteiger partial charge in [0.25, 0.3) is 0 Å². The van der Waals surface area contributed by atoms with Crippen molar-refractivity contribution in [3.63, 3.8) is 0 Å². The molecule has 7 heteroatoms. The van der Waals surface area contributed by atoms with Crippen LogP contribution < -0.4 is 11.1 Å². The summed E-state index contributed by atoms with van der Waals surface area (Å²) < 4.78 is 27.2. The van der Waals surface area contributed by atoms with Gasteiger partial charge in [-0.05, 0) is 6.92 Å². The van der Waals surface area contributed by atoms with Gasteiger partial charge in [-0.1, -0.05) is 6.92 Å². The van der Waals surface area contributed by atoms with E-state index >= 15 is 0 Å². The Morgan fingerprint density at radius 1 is 1.56 bits per heavy atom. The lowest BCUT2D eigenvalue weighted by molar-refractivity contribution is 0.179. The highest BCUT2D eigenvalue weighted by Crippen LogP contribution is 1.89. The van der Waals surface area contributed by atoms with Gasteiger partial charge in [-0.2, -0.15) is 0 Å². The molecule has 0 aromatic carbocycles. The number of sulfone groups is 1. The molecule has 6 nitrogen and oxygen atoms in total. The maximum atomic E-state index is 11.2. The number of ether oxygens (including phenoxy) is 1. The summed E-state index contributed by atoms with van der Waals surface area (Å²) in [5, 5.41) is 2.89. The number of hydrogen-bond acceptors (Lipinski definition) is 4. The van der Waals surface area contributed by atoms with Crippen LogP contribution in [-0.4, -0.2) is 52.2 Å². The summed E-state index contributed by atoms with van der Waals surface area (Å²) in [4.78, 5) is 3.93. The van der Waals surface area contributed by atoms with E-state index < -0.39 is 9.84 Å². The van der Waals surface area contributed by atoms with Crippen LogP contribution in [-0.2, 0) is 14.6 Å². The van der Waals surface area contributed by atoms with E-state index in [9.17, 15) is 8.42 Å². The summed E-state index contributed by atoms with van der Waals surface area (Å²) >= 11 is 0. The number of nitrogens with one attached hydrogen (secondary N) is 1. The molecule has 0 heterocycles. The fraction of sp³-hybridized carbons (Fsp3) is 0.889. The highest BCUT2D eigenvalue weighted by molar-refractivity contribution is 7.91. The van der Waals surface area contributed by atoms with Crippen LogP contribution >= 0.6 is 0 Å². The van der Waals surface area contributed by atoms with E-state index in [0.717, 1.165) is 0 Å². The lowest BCUT2D eigenvalue weighted by atomic mass is 10.4. The third-order valence-corrected chi connectivity index (χ3v) is 3.62. The van der Waals surface area contributed by atoms with Crippen molar-refractivity contribution < 1.29 is 13.2 Å². The molecule has 16 heavy (non-hydrogen) atoms. The lowest BCUT2D eigenvalue weighted by Gasteiger charge is -2.12. The molecule has 0 aliphatic heterocycles. The zero-order valence-electron chi connectivity index (χ0n) is 10.1. The van der Waals surface area contributed by atoms with Crippen LogP contribution in [0.2, 0.25) is 0 Å². The number of nitrogens with zero attached hydrogens (tertiary/aromatic N) is 1. The third kappa shape index (κ3) is 7.47. The van der Waals surface area contributed by atoms with Gasteiger partial charge in [0, 0.05) is 18.9 Å². The highest BCUT2D eigenvalue weighted by Gasteiger charge is 2.06. The summed E-state index contributed by atoms with van der Waals surface area (Å²) in [6, 6.07) is 0.0523. The zero-order valence-corrected chi connectivity index (χ0v) is 10.9. The highest BCUT2D eigenvalue weighted by atomic mass is 32.2. The van der Waals surface area contributed by atoms with Gasteiger partial charge >= 0.3 is 0 Å². The quantitative estimate of drug-likeness (QED) is 0.464. The molecular formula is C9H21N3O3S. The summed E-state index contributed by atoms with van der Waals surface area (Å²) in [7, 11) is -1.37. The first-order valence-corrected chi connectivity index (χ1v) is 6.99. The molecule has 1 atom stereocenters. The maximum Gasteiger partial charge on any atom is 0.188 e. The molecule has 1 unspecified atom stereocenters. The van der Waals surface area contributed by atoms with Gasteiger partial charge < -0.3 is 15.8 Å². The molecule has 0 bridgehead atoms. The van der Waals surface area contributed by atoms with E-state index in [4.69, 9.17) is 10.5 Å². The van der Waals surface area contributed by atoms with Gasteiger partial charge in [-0.15, -0.1) is 0 Å². The molecule has 0 saturated carbocycles. The predicted octanol–water partition coefficient (Wildman–Crippen LogP) is -0.640. The number of hydrogen-bond donors (Lipinski definition) is 2. The van der Waals surface area contributed by atoms with Gasteiger partial charge in [0.2, 0.25) is 0 Å². The van der Waals surface area contributed by atoms with Gasteiger partial charge in [-0.25, -0.2) is 8.42 Å². The molecule has 0 aliphatic rings. The molecule has 0 spiro atoms. The van der Waals surface area contributed by atoms with E-state index in [0.29, 0.717) is 6.61 Å². The Labute approximate surface area is 97.2 Å². The smallest absolute Gasteiger partial charge is 0.188 e. The molecule has 0 rings (SSSR count). The normalized spacial score (nSPS) is 14.8. The number of rotatable bonds is 7. The van der Waals surface area contributed by atoms with Crippen LogP contribution in [0.5, 0.6) is 0 Å². The van der Waals surface area contributed by atoms with Crippen molar-refractivity contribution in [2.45, 2.75) is 19.9 Å². The topological polar surface area (TPSA) is 93.8 Å². The lowest BCUT2D eigenvalue weighted by Crippen LogP contribution is -2.40. The fourth-order valence-electron chi connectivity index (χ4n) is 1.04. The van der Waals surface area contributed by atoms with Crippen molar-refractivity contribution in [1.82, 2.24) is 5.32 Å². The summed E-state index contributed by atoms with van der Waals surface area (Å²) in [5.41, 5.74) is 5.56. The molecular weight excluding hydrogens is 230 g/mol. The molecule has 0 aliphatic carbocycles. The van der Waals surface area contributed by atoms with Crippen molar-refractivity contribution in [1.29, 1.82) is 0 Å². The van der Waals surface area contributed by atoms with E-state index in [1.54, 1.807) is 14.0 Å². The van der Waals surface area contributed by atoms with Gasteiger partial charge in [-0.3, -0.25) is 4.99 Å². The van der Waals surface area contributed by atoms with Crippen LogP contribution in [0.3, 0.4) is 0 Å². The predicted molar refractivity (Wildman–Crippen MR) is 65.3 cm³/mol. The first-order valence-electron chi connectivity index (χ1n) is 5.17. The summed E-state index contributed by atoms with van der Waals surface area (Å²) in [6.45, 7) is 4.22. The van der Waals surface area contributed by atoms with Gasteiger partial charge in [0.1, 0.15) is 0 Å².